The first kappa shape index (κ1) is 48.5. The molecule has 21 heteroatoms. The zero-order chi connectivity index (χ0) is 48.3. The number of methoxy groups -OCH3 is 3. The average Bonchev–Trinajstić information content (AvgIpc) is 3.83. The van der Waals surface area contributed by atoms with E-state index in [4.69, 9.17) is 24.7 Å². The van der Waals surface area contributed by atoms with E-state index in [-0.39, 0.29) is 49.0 Å². The highest BCUT2D eigenvalue weighted by Crippen LogP contribution is 2.41. The lowest BCUT2D eigenvalue weighted by atomic mass is 10.0. The van der Waals surface area contributed by atoms with Gasteiger partial charge in [0.25, 0.3) is 0 Å². The lowest BCUT2D eigenvalue weighted by Gasteiger charge is -2.26. The van der Waals surface area contributed by atoms with E-state index in [1.807, 2.05) is 6.07 Å². The number of carbonyl (C=O) groups excluding carboxylic acids is 1. The van der Waals surface area contributed by atoms with Crippen molar-refractivity contribution in [1.82, 2.24) is 39.5 Å². The molecular weight excluding hydrogens is 915 g/mol. The van der Waals surface area contributed by atoms with Gasteiger partial charge in [-0.25, -0.2) is 31.3 Å². The maximum absolute atomic E-state index is 15.9. The lowest BCUT2D eigenvalue weighted by molar-refractivity contribution is 0.129. The number of benzene rings is 5. The van der Waals surface area contributed by atoms with Crippen molar-refractivity contribution in [2.75, 3.05) is 40.2 Å². The van der Waals surface area contributed by atoms with Gasteiger partial charge in [-0.05, 0) is 87.6 Å². The van der Waals surface area contributed by atoms with E-state index in [1.54, 1.807) is 110 Å². The Labute approximate surface area is 393 Å². The third-order valence-corrected chi connectivity index (χ3v) is 14.0. The molecule has 0 aliphatic carbocycles. The predicted octanol–water partition coefficient (Wildman–Crippen LogP) is 5.02. The van der Waals surface area contributed by atoms with Crippen molar-refractivity contribution in [2.24, 2.45) is 0 Å². The molecule has 0 aliphatic heterocycles. The van der Waals surface area contributed by atoms with Crippen molar-refractivity contribution in [2.45, 2.75) is 42.1 Å². The molecule has 0 bridgehead atoms. The number of pyridine rings is 1. The summed E-state index contributed by atoms with van der Waals surface area (Å²) in [6.07, 6.45) is 0.496. The van der Waals surface area contributed by atoms with Gasteiger partial charge in [0.1, 0.15) is 39.5 Å². The summed E-state index contributed by atoms with van der Waals surface area (Å²) in [6, 6.07) is 34.0. The van der Waals surface area contributed by atoms with Crippen LogP contribution in [-0.2, 0) is 51.0 Å². The zero-order valence-corrected chi connectivity index (χ0v) is 38.9. The first-order valence-corrected chi connectivity index (χ1v) is 23.9. The number of aromatic nitrogens is 5. The topological polar surface area (TPSA) is 252 Å². The van der Waals surface area contributed by atoms with Crippen LogP contribution in [0.25, 0.3) is 22.5 Å². The number of hydrogen-bond acceptors (Lipinski definition) is 15. The van der Waals surface area contributed by atoms with Gasteiger partial charge < -0.3 is 35.1 Å². The van der Waals surface area contributed by atoms with Gasteiger partial charge in [0.15, 0.2) is 0 Å². The van der Waals surface area contributed by atoms with Crippen LogP contribution in [0.4, 0.5) is 10.6 Å². The molecule has 68 heavy (non-hydrogen) atoms. The number of carbonyl (C=O) groups is 1. The molecule has 7 rings (SSSR count). The van der Waals surface area contributed by atoms with Crippen LogP contribution >= 0.6 is 0 Å². The highest BCUT2D eigenvalue weighted by atomic mass is 32.2. The minimum absolute atomic E-state index is 0.0846. The molecule has 0 fully saturated rings. The van der Waals surface area contributed by atoms with Crippen molar-refractivity contribution >= 4 is 32.0 Å². The minimum Gasteiger partial charge on any atom is -0.497 e. The molecule has 7 aromatic rings. The fourth-order valence-electron chi connectivity index (χ4n) is 6.97. The number of rotatable bonds is 21. The van der Waals surface area contributed by atoms with Crippen molar-refractivity contribution in [3.63, 3.8) is 0 Å². The number of amides is 1. The zero-order valence-electron chi connectivity index (χ0n) is 37.2. The maximum Gasteiger partial charge on any atom is 0.407 e. The second-order valence-corrected chi connectivity index (χ2v) is 18.8. The van der Waals surface area contributed by atoms with Gasteiger partial charge in [0.05, 0.1) is 46.1 Å². The number of aliphatic hydroxyl groups is 1. The van der Waals surface area contributed by atoms with E-state index < -0.39 is 55.1 Å². The van der Waals surface area contributed by atoms with Gasteiger partial charge in [0, 0.05) is 31.4 Å². The Morgan fingerprint density at radius 1 is 0.750 bits per heavy atom. The van der Waals surface area contributed by atoms with E-state index in [0.717, 1.165) is 15.9 Å². The quantitative estimate of drug-likeness (QED) is 0.0739. The molecule has 5 aromatic carbocycles. The van der Waals surface area contributed by atoms with Crippen LogP contribution in [0.15, 0.2) is 143 Å². The van der Waals surface area contributed by atoms with Crippen LogP contribution in [0.3, 0.4) is 0 Å². The summed E-state index contributed by atoms with van der Waals surface area (Å²) >= 11 is 0. The van der Waals surface area contributed by atoms with Gasteiger partial charge in [-0.15, -0.1) is 10.2 Å². The molecule has 1 amide bonds. The molecule has 0 saturated carbocycles. The highest BCUT2D eigenvalue weighted by molar-refractivity contribution is 7.92. The largest absolute Gasteiger partial charge is 0.497 e. The SMILES string of the molecule is COc1ccc(CN(Cc2ccc(OC)cc2)S(=O)(=O)c2c(S(=O)(=O)NC[C@H](CO)NC(=O)OCc3ccccc3)ccc(-c3ccc(N)nc3)c2-c2nnn(Cc3ccc(OC)cc3)n2)cc1. The molecule has 0 unspecified atom stereocenters. The van der Waals surface area contributed by atoms with Gasteiger partial charge in [0.2, 0.25) is 25.9 Å². The van der Waals surface area contributed by atoms with Crippen molar-refractivity contribution in [1.29, 1.82) is 0 Å². The Morgan fingerprint density at radius 2 is 1.34 bits per heavy atom. The van der Waals surface area contributed by atoms with E-state index in [9.17, 15) is 18.3 Å². The first-order valence-electron chi connectivity index (χ1n) is 20.9. The standard InChI is InChI=1S/C47H49N9O10S2/c1-63-38-16-9-32(10-17-38)27-55(28-33-11-18-39(64-2)19-12-33)68(61,62)45-42(67(59,60)50-26-37(30-57)51-47(58)66-31-35-7-5-4-6-8-35)23-22-41(36-15-24-43(48)49-25-36)44(45)46-52-54-56(53-46)29-34-13-20-40(65-3)21-14-34/h4-25,37,50,57H,26-31H2,1-3H3,(H2,48,49)(H,51,58)/t37-/m1/s1. The number of alkyl carbamates (subject to hydrolysis) is 1. The Kier molecular flexibility index (Phi) is 15.6. The number of ether oxygens (including phenoxy) is 4. The number of nitrogens with two attached hydrogens (primary N) is 1. The summed E-state index contributed by atoms with van der Waals surface area (Å²) in [7, 11) is -5.29. The highest BCUT2D eigenvalue weighted by Gasteiger charge is 2.38. The molecule has 0 aliphatic rings. The molecule has 1 atom stereocenters. The minimum atomic E-state index is -4.98. The summed E-state index contributed by atoms with van der Waals surface area (Å²) in [5, 5.41) is 26.0. The molecule has 2 aromatic heterocycles. The van der Waals surface area contributed by atoms with Gasteiger partial charge in [-0.3, -0.25) is 0 Å². The lowest BCUT2D eigenvalue weighted by Crippen LogP contribution is -2.46. The van der Waals surface area contributed by atoms with Crippen molar-refractivity contribution < 1.29 is 45.7 Å². The van der Waals surface area contributed by atoms with Crippen LogP contribution in [0.2, 0.25) is 0 Å². The normalized spacial score (nSPS) is 12.1. The Hall–Kier alpha value is -7.43. The molecule has 2 heterocycles. The third-order valence-electron chi connectivity index (χ3n) is 10.6. The fourth-order valence-corrected chi connectivity index (χ4v) is 10.5. The first-order chi connectivity index (χ1) is 32.8. The van der Waals surface area contributed by atoms with Crippen LogP contribution in [-0.4, -0.2) is 98.1 Å². The molecule has 19 nitrogen and oxygen atoms in total. The number of nitrogen functional groups attached to an aromatic ring is 1. The number of nitrogens with zero attached hydrogens (tertiary/aromatic N) is 6. The molecule has 0 radical (unpaired) electrons. The summed E-state index contributed by atoms with van der Waals surface area (Å²) in [4.78, 5) is 16.9. The number of sulfonamides is 2. The monoisotopic (exact) mass is 963 g/mol. The molecule has 0 saturated heterocycles. The Morgan fingerprint density at radius 3 is 1.88 bits per heavy atom. The smallest absolute Gasteiger partial charge is 0.407 e. The van der Waals surface area contributed by atoms with Crippen LogP contribution in [0.1, 0.15) is 22.3 Å². The Bertz CT molecular complexity index is 2970. The van der Waals surface area contributed by atoms with Crippen LogP contribution < -0.4 is 30.0 Å². The number of aliphatic hydroxyl groups excluding tert-OH is 1. The number of nitrogens with one attached hydrogen (secondary N) is 2. The van der Waals surface area contributed by atoms with E-state index in [1.165, 1.54) is 37.3 Å². The van der Waals surface area contributed by atoms with Crippen LogP contribution in [0.5, 0.6) is 17.2 Å². The average molecular weight is 964 g/mol. The van der Waals surface area contributed by atoms with E-state index >= 15 is 8.42 Å². The van der Waals surface area contributed by atoms with E-state index in [0.29, 0.717) is 39.5 Å². The van der Waals surface area contributed by atoms with Gasteiger partial charge in [-0.1, -0.05) is 72.8 Å². The molecule has 354 valence electrons. The van der Waals surface area contributed by atoms with Crippen molar-refractivity contribution in [3.05, 3.63) is 156 Å². The molecule has 5 N–H and O–H groups in total. The summed E-state index contributed by atoms with van der Waals surface area (Å²) in [5.41, 5.74) is 8.86. The van der Waals surface area contributed by atoms with Crippen molar-refractivity contribution in [3.8, 4) is 39.8 Å². The second kappa shape index (κ2) is 21.9. The predicted molar refractivity (Wildman–Crippen MR) is 251 cm³/mol. The second-order valence-electron chi connectivity index (χ2n) is 15.2. The molecular formula is C47H49N9O10S2. The number of hydrogen-bond donors (Lipinski definition) is 4. The van der Waals surface area contributed by atoms with Gasteiger partial charge in [-0.2, -0.15) is 9.10 Å². The van der Waals surface area contributed by atoms with Crippen LogP contribution in [0, 0.1) is 0 Å². The Balaban J connectivity index is 1.37. The maximum atomic E-state index is 15.9. The fraction of sp³-hybridized carbons (Fsp3) is 0.213. The number of tetrazole rings is 1. The summed E-state index contributed by atoms with van der Waals surface area (Å²) in [5.74, 6) is 1.65. The summed E-state index contributed by atoms with van der Waals surface area (Å²) in [6.45, 7) is -1.74. The third kappa shape index (κ3) is 11.9. The van der Waals surface area contributed by atoms with E-state index in [2.05, 4.69) is 30.4 Å². The van der Waals surface area contributed by atoms with Gasteiger partial charge >= 0.3 is 6.09 Å². The molecule has 0 spiro atoms. The summed E-state index contributed by atoms with van der Waals surface area (Å²) < 4.78 is 86.3. The number of anilines is 1.